The Morgan fingerprint density at radius 3 is 2.53 bits per heavy atom. The van der Waals surface area contributed by atoms with Crippen LogP contribution < -0.4 is 5.32 Å². The maximum absolute atomic E-state index is 3.73. The maximum atomic E-state index is 3.73. The molecule has 0 aromatic carbocycles. The van der Waals surface area contributed by atoms with Crippen molar-refractivity contribution < 1.29 is 0 Å². The molecule has 1 N–H and O–H groups in total. The van der Waals surface area contributed by atoms with E-state index in [-0.39, 0.29) is 0 Å². The van der Waals surface area contributed by atoms with E-state index >= 15 is 0 Å². The lowest BCUT2D eigenvalue weighted by Crippen LogP contribution is -2.47. The molecule has 17 heavy (non-hydrogen) atoms. The van der Waals surface area contributed by atoms with Crippen LogP contribution in [0.15, 0.2) is 0 Å². The number of rotatable bonds is 5. The first-order valence-corrected chi connectivity index (χ1v) is 7.41. The molecule has 3 nitrogen and oxygen atoms in total. The topological polar surface area (TPSA) is 18.5 Å². The van der Waals surface area contributed by atoms with Crippen LogP contribution in [0.4, 0.5) is 0 Å². The largest absolute Gasteiger partial charge is 0.311 e. The van der Waals surface area contributed by atoms with Crippen LogP contribution >= 0.6 is 0 Å². The Kier molecular flexibility index (Phi) is 5.26. The fourth-order valence-electron chi connectivity index (χ4n) is 3.16. The Bertz CT molecular complexity index is 214. The van der Waals surface area contributed by atoms with E-state index in [1.165, 1.54) is 64.8 Å². The minimum absolute atomic E-state index is 0.642. The van der Waals surface area contributed by atoms with Crippen molar-refractivity contribution in [2.24, 2.45) is 0 Å². The van der Waals surface area contributed by atoms with Crippen molar-refractivity contribution in [2.45, 2.75) is 51.1 Å². The molecule has 100 valence electrons. The van der Waals surface area contributed by atoms with E-state index in [1.54, 1.807) is 0 Å². The van der Waals surface area contributed by atoms with Gasteiger partial charge < -0.3 is 15.1 Å². The molecule has 2 fully saturated rings. The summed E-state index contributed by atoms with van der Waals surface area (Å²) < 4.78 is 0. The van der Waals surface area contributed by atoms with Gasteiger partial charge in [-0.25, -0.2) is 0 Å². The van der Waals surface area contributed by atoms with Crippen molar-refractivity contribution in [3.8, 4) is 0 Å². The Balaban J connectivity index is 1.62. The highest BCUT2D eigenvalue weighted by atomic mass is 15.2. The molecule has 0 aliphatic carbocycles. The first kappa shape index (κ1) is 13.3. The lowest BCUT2D eigenvalue weighted by Gasteiger charge is -2.33. The predicted octanol–water partition coefficient (Wildman–Crippen LogP) is 1.54. The van der Waals surface area contributed by atoms with E-state index in [4.69, 9.17) is 0 Å². The molecule has 2 aliphatic heterocycles. The van der Waals surface area contributed by atoms with Gasteiger partial charge in [0, 0.05) is 25.2 Å². The fraction of sp³-hybridized carbons (Fsp3) is 1.00. The average molecular weight is 239 g/mol. The Morgan fingerprint density at radius 2 is 1.82 bits per heavy atom. The van der Waals surface area contributed by atoms with Crippen LogP contribution in [0.3, 0.4) is 0 Å². The third-order valence-corrected chi connectivity index (χ3v) is 4.35. The summed E-state index contributed by atoms with van der Waals surface area (Å²) >= 11 is 0. The van der Waals surface area contributed by atoms with Gasteiger partial charge in [-0.15, -0.1) is 0 Å². The van der Waals surface area contributed by atoms with Crippen molar-refractivity contribution >= 4 is 0 Å². The summed E-state index contributed by atoms with van der Waals surface area (Å²) in [6.45, 7) is 8.65. The minimum atomic E-state index is 0.642. The molecule has 0 bridgehead atoms. The summed E-state index contributed by atoms with van der Waals surface area (Å²) in [5.41, 5.74) is 0. The zero-order valence-electron chi connectivity index (χ0n) is 11.6. The zero-order chi connectivity index (χ0) is 12.1. The molecule has 2 saturated heterocycles. The lowest BCUT2D eigenvalue weighted by molar-refractivity contribution is 0.174. The summed E-state index contributed by atoms with van der Waals surface area (Å²) in [6.07, 6.45) is 6.98. The van der Waals surface area contributed by atoms with Crippen LogP contribution in [0.2, 0.25) is 0 Å². The van der Waals surface area contributed by atoms with Gasteiger partial charge in [-0.1, -0.05) is 6.42 Å². The number of hydrogen-bond donors (Lipinski definition) is 1. The monoisotopic (exact) mass is 239 g/mol. The molecule has 0 aromatic heterocycles. The molecular formula is C14H29N3. The zero-order valence-corrected chi connectivity index (χ0v) is 11.6. The van der Waals surface area contributed by atoms with E-state index in [2.05, 4.69) is 29.1 Å². The van der Waals surface area contributed by atoms with Crippen LogP contribution in [-0.2, 0) is 0 Å². The van der Waals surface area contributed by atoms with Gasteiger partial charge in [-0.2, -0.15) is 0 Å². The van der Waals surface area contributed by atoms with E-state index < -0.39 is 0 Å². The van der Waals surface area contributed by atoms with Gasteiger partial charge in [0.1, 0.15) is 0 Å². The highest BCUT2D eigenvalue weighted by Gasteiger charge is 2.20. The number of hydrogen-bond acceptors (Lipinski definition) is 3. The number of nitrogens with one attached hydrogen (secondary N) is 1. The SMILES string of the molecule is CC(CN1CCCC1)NCC1CCCCN1C. The van der Waals surface area contributed by atoms with Gasteiger partial charge >= 0.3 is 0 Å². The Labute approximate surface area is 107 Å². The fourth-order valence-corrected chi connectivity index (χ4v) is 3.16. The number of likely N-dealkylation sites (N-methyl/N-ethyl adjacent to an activating group) is 1. The highest BCUT2D eigenvalue weighted by Crippen LogP contribution is 2.14. The summed E-state index contributed by atoms with van der Waals surface area (Å²) in [4.78, 5) is 5.13. The lowest BCUT2D eigenvalue weighted by atomic mass is 10.0. The van der Waals surface area contributed by atoms with Crippen molar-refractivity contribution in [1.29, 1.82) is 0 Å². The molecule has 0 spiro atoms. The number of nitrogens with zero attached hydrogens (tertiary/aromatic N) is 2. The molecule has 2 rings (SSSR count). The molecule has 0 saturated carbocycles. The highest BCUT2D eigenvalue weighted by molar-refractivity contribution is 4.79. The maximum Gasteiger partial charge on any atom is 0.0217 e. The molecule has 3 heteroatoms. The quantitative estimate of drug-likeness (QED) is 0.785. The molecule has 2 atom stereocenters. The molecule has 2 unspecified atom stereocenters. The summed E-state index contributed by atoms with van der Waals surface area (Å²) in [5.74, 6) is 0. The minimum Gasteiger partial charge on any atom is -0.311 e. The predicted molar refractivity (Wildman–Crippen MR) is 73.4 cm³/mol. The smallest absolute Gasteiger partial charge is 0.0217 e. The van der Waals surface area contributed by atoms with Gasteiger partial charge in [0.15, 0.2) is 0 Å². The van der Waals surface area contributed by atoms with Crippen LogP contribution in [0, 0.1) is 0 Å². The molecule has 0 radical (unpaired) electrons. The van der Waals surface area contributed by atoms with Gasteiger partial charge in [-0.3, -0.25) is 0 Å². The van der Waals surface area contributed by atoms with E-state index in [0.29, 0.717) is 6.04 Å². The van der Waals surface area contributed by atoms with Gasteiger partial charge in [0.25, 0.3) is 0 Å². The van der Waals surface area contributed by atoms with Gasteiger partial charge in [0.05, 0.1) is 0 Å². The summed E-state index contributed by atoms with van der Waals surface area (Å²) in [5, 5.41) is 3.73. The van der Waals surface area contributed by atoms with Crippen molar-refractivity contribution in [2.75, 3.05) is 39.8 Å². The van der Waals surface area contributed by atoms with E-state index in [9.17, 15) is 0 Å². The molecule has 2 heterocycles. The Hall–Kier alpha value is -0.120. The molecule has 0 aromatic rings. The number of likely N-dealkylation sites (tertiary alicyclic amines) is 2. The molecule has 2 aliphatic rings. The summed E-state index contributed by atoms with van der Waals surface area (Å²) in [6, 6.07) is 1.41. The normalized spacial score (nSPS) is 29.6. The second-order valence-electron chi connectivity index (χ2n) is 5.95. The third-order valence-electron chi connectivity index (χ3n) is 4.35. The summed E-state index contributed by atoms with van der Waals surface area (Å²) in [7, 11) is 2.27. The first-order valence-electron chi connectivity index (χ1n) is 7.41. The Morgan fingerprint density at radius 1 is 1.12 bits per heavy atom. The average Bonchev–Trinajstić information content (AvgIpc) is 2.81. The van der Waals surface area contributed by atoms with Crippen molar-refractivity contribution in [1.82, 2.24) is 15.1 Å². The van der Waals surface area contributed by atoms with Crippen LogP contribution in [0.1, 0.15) is 39.0 Å². The third kappa shape index (κ3) is 4.23. The van der Waals surface area contributed by atoms with Crippen molar-refractivity contribution in [3.05, 3.63) is 0 Å². The van der Waals surface area contributed by atoms with Gasteiger partial charge in [0.2, 0.25) is 0 Å². The van der Waals surface area contributed by atoms with E-state index in [0.717, 1.165) is 6.04 Å². The second-order valence-corrected chi connectivity index (χ2v) is 5.95. The second kappa shape index (κ2) is 6.72. The molecule has 0 amide bonds. The van der Waals surface area contributed by atoms with Gasteiger partial charge in [-0.05, 0) is 59.3 Å². The number of piperidine rings is 1. The van der Waals surface area contributed by atoms with Crippen LogP contribution in [0.5, 0.6) is 0 Å². The standard InChI is InChI=1S/C14H29N3/c1-13(12-17-9-5-6-10-17)15-11-14-7-3-4-8-16(14)2/h13-15H,3-12H2,1-2H3. The first-order chi connectivity index (χ1) is 8.25. The van der Waals surface area contributed by atoms with E-state index in [1.807, 2.05) is 0 Å². The molecular weight excluding hydrogens is 210 g/mol. The van der Waals surface area contributed by atoms with Crippen molar-refractivity contribution in [3.63, 3.8) is 0 Å². The van der Waals surface area contributed by atoms with Crippen LogP contribution in [-0.4, -0.2) is 61.7 Å². The van der Waals surface area contributed by atoms with Crippen LogP contribution in [0.25, 0.3) is 0 Å².